The first-order chi connectivity index (χ1) is 8.25. The fourth-order valence-corrected chi connectivity index (χ4v) is 3.36. The normalized spacial score (nSPS) is 10.9. The van der Waals surface area contributed by atoms with Gasteiger partial charge >= 0.3 is 0 Å². The van der Waals surface area contributed by atoms with Crippen molar-refractivity contribution in [3.63, 3.8) is 0 Å². The maximum absolute atomic E-state index is 6.23. The molecule has 0 spiro atoms. The lowest BCUT2D eigenvalue weighted by molar-refractivity contribution is 1.69. The first-order valence-corrected chi connectivity index (χ1v) is 6.76. The van der Waals surface area contributed by atoms with Crippen LogP contribution in [0.2, 0.25) is 10.0 Å². The highest BCUT2D eigenvalue weighted by molar-refractivity contribution is 7.22. The zero-order valence-electron chi connectivity index (χ0n) is 8.78. The minimum Gasteiger partial charge on any atom is -0.135 e. The molecule has 0 saturated heterocycles. The highest BCUT2D eigenvalue weighted by atomic mass is 35.5. The van der Waals surface area contributed by atoms with Crippen LogP contribution in [0.5, 0.6) is 0 Å². The molecule has 1 heterocycles. The molecule has 0 nitrogen and oxygen atoms in total. The van der Waals surface area contributed by atoms with E-state index in [1.165, 1.54) is 10.1 Å². The van der Waals surface area contributed by atoms with Crippen LogP contribution in [0, 0.1) is 0 Å². The predicted molar refractivity (Wildman–Crippen MR) is 77.3 cm³/mol. The molecule has 0 aliphatic rings. The summed E-state index contributed by atoms with van der Waals surface area (Å²) in [5.41, 5.74) is 1.00. The van der Waals surface area contributed by atoms with E-state index in [0.29, 0.717) is 10.0 Å². The molecule has 3 aromatic rings. The van der Waals surface area contributed by atoms with Crippen molar-refractivity contribution in [2.45, 2.75) is 0 Å². The smallest absolute Gasteiger partial charge is 0.0678 e. The fraction of sp³-hybridized carbons (Fsp3) is 0. The molecule has 0 atom stereocenters. The molecule has 0 amide bonds. The van der Waals surface area contributed by atoms with Gasteiger partial charge in [-0.1, -0.05) is 53.5 Å². The van der Waals surface area contributed by atoms with E-state index < -0.39 is 0 Å². The van der Waals surface area contributed by atoms with E-state index in [0.717, 1.165) is 10.4 Å². The molecule has 0 unspecified atom stereocenters. The van der Waals surface area contributed by atoms with Crippen molar-refractivity contribution >= 4 is 44.6 Å². The fourth-order valence-electron chi connectivity index (χ4n) is 1.81. The van der Waals surface area contributed by atoms with Crippen molar-refractivity contribution < 1.29 is 0 Å². The van der Waals surface area contributed by atoms with Crippen LogP contribution in [0.3, 0.4) is 0 Å². The number of halogens is 2. The predicted octanol–water partition coefficient (Wildman–Crippen LogP) is 5.88. The van der Waals surface area contributed by atoms with Crippen LogP contribution in [-0.2, 0) is 0 Å². The van der Waals surface area contributed by atoms with Crippen molar-refractivity contribution in [1.82, 2.24) is 0 Å². The Bertz CT molecular complexity index is 653. The standard InChI is InChI=1S/C14H8Cl2S/c15-11-6-3-5-10(14(11)16)13-8-9-4-1-2-7-12(9)17-13/h1-8H. The molecule has 3 rings (SSSR count). The van der Waals surface area contributed by atoms with E-state index >= 15 is 0 Å². The molecule has 0 bridgehead atoms. The van der Waals surface area contributed by atoms with Gasteiger partial charge < -0.3 is 0 Å². The molecule has 84 valence electrons. The number of hydrogen-bond acceptors (Lipinski definition) is 1. The summed E-state index contributed by atoms with van der Waals surface area (Å²) in [6, 6.07) is 16.2. The van der Waals surface area contributed by atoms with Gasteiger partial charge in [-0.3, -0.25) is 0 Å². The second-order valence-corrected chi connectivity index (χ2v) is 5.62. The molecule has 1 aromatic heterocycles. The van der Waals surface area contributed by atoms with E-state index in [9.17, 15) is 0 Å². The first-order valence-electron chi connectivity index (χ1n) is 5.18. The van der Waals surface area contributed by atoms with E-state index in [2.05, 4.69) is 18.2 Å². The average molecular weight is 279 g/mol. The quantitative estimate of drug-likeness (QED) is 0.522. The number of fused-ring (bicyclic) bond motifs is 1. The topological polar surface area (TPSA) is 0 Å². The Morgan fingerprint density at radius 2 is 1.71 bits per heavy atom. The third-order valence-electron chi connectivity index (χ3n) is 2.64. The van der Waals surface area contributed by atoms with Gasteiger partial charge in [0.25, 0.3) is 0 Å². The molecular formula is C14H8Cl2S. The summed E-state index contributed by atoms with van der Waals surface area (Å²) in [5, 5.41) is 2.46. The third-order valence-corrected chi connectivity index (χ3v) is 4.61. The summed E-state index contributed by atoms with van der Waals surface area (Å²) >= 11 is 14.0. The second kappa shape index (κ2) is 4.34. The Balaban J connectivity index is 2.24. The molecule has 0 saturated carbocycles. The lowest BCUT2D eigenvalue weighted by Crippen LogP contribution is -1.75. The van der Waals surface area contributed by atoms with E-state index in [1.54, 1.807) is 17.4 Å². The summed E-state index contributed by atoms with van der Waals surface area (Å²) in [4.78, 5) is 1.15. The molecular weight excluding hydrogens is 271 g/mol. The maximum atomic E-state index is 6.23. The van der Waals surface area contributed by atoms with Gasteiger partial charge in [0.1, 0.15) is 0 Å². The van der Waals surface area contributed by atoms with Gasteiger partial charge in [-0.2, -0.15) is 0 Å². The van der Waals surface area contributed by atoms with Gasteiger partial charge in [-0.15, -0.1) is 11.3 Å². The highest BCUT2D eigenvalue weighted by Crippen LogP contribution is 2.39. The molecule has 0 aliphatic heterocycles. The van der Waals surface area contributed by atoms with Crippen molar-refractivity contribution in [1.29, 1.82) is 0 Å². The number of hydrogen-bond donors (Lipinski definition) is 0. The zero-order valence-corrected chi connectivity index (χ0v) is 11.1. The summed E-state index contributed by atoms with van der Waals surface area (Å²) in [6.45, 7) is 0. The minimum absolute atomic E-state index is 0.599. The van der Waals surface area contributed by atoms with Crippen molar-refractivity contribution in [3.05, 3.63) is 58.6 Å². The van der Waals surface area contributed by atoms with Crippen molar-refractivity contribution in [2.24, 2.45) is 0 Å². The van der Waals surface area contributed by atoms with E-state index in [4.69, 9.17) is 23.2 Å². The molecule has 0 aliphatic carbocycles. The van der Waals surface area contributed by atoms with Gasteiger partial charge in [-0.05, 0) is 23.6 Å². The van der Waals surface area contributed by atoms with Crippen LogP contribution >= 0.6 is 34.5 Å². The van der Waals surface area contributed by atoms with E-state index in [1.807, 2.05) is 24.3 Å². The van der Waals surface area contributed by atoms with Crippen LogP contribution in [0.25, 0.3) is 20.5 Å². The van der Waals surface area contributed by atoms with Gasteiger partial charge in [0.2, 0.25) is 0 Å². The molecule has 0 N–H and O–H groups in total. The van der Waals surface area contributed by atoms with Crippen LogP contribution in [0.15, 0.2) is 48.5 Å². The highest BCUT2D eigenvalue weighted by Gasteiger charge is 2.09. The molecule has 0 radical (unpaired) electrons. The van der Waals surface area contributed by atoms with E-state index in [-0.39, 0.29) is 0 Å². The largest absolute Gasteiger partial charge is 0.135 e. The average Bonchev–Trinajstić information content (AvgIpc) is 2.76. The lowest BCUT2D eigenvalue weighted by Gasteiger charge is -2.02. The van der Waals surface area contributed by atoms with Gasteiger partial charge in [0.15, 0.2) is 0 Å². The maximum Gasteiger partial charge on any atom is 0.0678 e. The number of benzene rings is 2. The Morgan fingerprint density at radius 3 is 2.53 bits per heavy atom. The van der Waals surface area contributed by atoms with Gasteiger partial charge in [0, 0.05) is 15.1 Å². The molecule has 3 heteroatoms. The number of thiophene rings is 1. The number of rotatable bonds is 1. The Morgan fingerprint density at radius 1 is 0.882 bits per heavy atom. The molecule has 17 heavy (non-hydrogen) atoms. The Kier molecular flexibility index (Phi) is 2.83. The third kappa shape index (κ3) is 1.95. The second-order valence-electron chi connectivity index (χ2n) is 3.75. The van der Waals surface area contributed by atoms with Gasteiger partial charge in [-0.25, -0.2) is 0 Å². The molecule has 0 fully saturated rings. The van der Waals surface area contributed by atoms with Crippen LogP contribution in [-0.4, -0.2) is 0 Å². The Labute approximate surface area is 113 Å². The summed E-state index contributed by atoms with van der Waals surface area (Å²) < 4.78 is 1.26. The Hall–Kier alpha value is -1.02. The van der Waals surface area contributed by atoms with Crippen LogP contribution in [0.4, 0.5) is 0 Å². The molecule has 2 aromatic carbocycles. The van der Waals surface area contributed by atoms with Crippen molar-refractivity contribution in [2.75, 3.05) is 0 Å². The minimum atomic E-state index is 0.599. The van der Waals surface area contributed by atoms with Crippen molar-refractivity contribution in [3.8, 4) is 10.4 Å². The lowest BCUT2D eigenvalue weighted by atomic mass is 10.1. The zero-order chi connectivity index (χ0) is 11.8. The summed E-state index contributed by atoms with van der Waals surface area (Å²) in [7, 11) is 0. The van der Waals surface area contributed by atoms with Crippen LogP contribution < -0.4 is 0 Å². The van der Waals surface area contributed by atoms with Gasteiger partial charge in [0.05, 0.1) is 10.0 Å². The first kappa shape index (κ1) is 11.1. The monoisotopic (exact) mass is 278 g/mol. The SMILES string of the molecule is Clc1cccc(-c2cc3ccccc3s2)c1Cl. The summed E-state index contributed by atoms with van der Waals surface area (Å²) in [5.74, 6) is 0. The summed E-state index contributed by atoms with van der Waals surface area (Å²) in [6.07, 6.45) is 0. The van der Waals surface area contributed by atoms with Crippen LogP contribution in [0.1, 0.15) is 0 Å².